The first-order valence-corrected chi connectivity index (χ1v) is 6.33. The van der Waals surface area contributed by atoms with Crippen molar-refractivity contribution in [2.75, 3.05) is 0 Å². The monoisotopic (exact) mass is 314 g/mol. The molecule has 0 aliphatic carbocycles. The zero-order valence-electron chi connectivity index (χ0n) is 10.1. The van der Waals surface area contributed by atoms with Crippen LogP contribution in [-0.2, 0) is 6.61 Å². The summed E-state index contributed by atoms with van der Waals surface area (Å²) in [7, 11) is 0. The number of carboxylic acid groups (broad SMARTS) is 1. The Labute approximate surface area is 124 Å². The van der Waals surface area contributed by atoms with Crippen molar-refractivity contribution in [1.82, 2.24) is 0 Å². The molecule has 0 atom stereocenters. The van der Waals surface area contributed by atoms with Gasteiger partial charge in [0.05, 0.1) is 15.6 Å². The van der Waals surface area contributed by atoms with Gasteiger partial charge in [-0.3, -0.25) is 0 Å². The Balaban J connectivity index is 2.17. The minimum absolute atomic E-state index is 0.106. The maximum atomic E-state index is 13.9. The van der Waals surface area contributed by atoms with Crippen molar-refractivity contribution >= 4 is 29.2 Å². The van der Waals surface area contributed by atoms with E-state index in [9.17, 15) is 9.18 Å². The van der Waals surface area contributed by atoms with Gasteiger partial charge in [0, 0.05) is 11.6 Å². The Morgan fingerprint density at radius 2 is 1.95 bits per heavy atom. The minimum atomic E-state index is -1.32. The molecule has 1 N–H and O–H groups in total. The fraction of sp³-hybridized carbons (Fsp3) is 0.0714. The van der Waals surface area contributed by atoms with Crippen molar-refractivity contribution in [3.8, 4) is 5.75 Å². The standard InChI is InChI=1S/C14H9Cl2FO3/c15-11-5-4-9(6-12(11)16)20-7-8-2-1-3-10(13(8)17)14(18)19/h1-6H,7H2,(H,18,19). The SMILES string of the molecule is O=C(O)c1cccc(COc2ccc(Cl)c(Cl)c2)c1F. The van der Waals surface area contributed by atoms with Gasteiger partial charge in [-0.1, -0.05) is 35.3 Å². The van der Waals surface area contributed by atoms with E-state index < -0.39 is 11.8 Å². The molecule has 0 fully saturated rings. The number of ether oxygens (including phenoxy) is 1. The van der Waals surface area contributed by atoms with Crippen molar-refractivity contribution in [1.29, 1.82) is 0 Å². The second-order valence-corrected chi connectivity index (χ2v) is 4.76. The van der Waals surface area contributed by atoms with Crippen LogP contribution in [0.15, 0.2) is 36.4 Å². The molecule has 0 aromatic heterocycles. The maximum absolute atomic E-state index is 13.9. The van der Waals surface area contributed by atoms with E-state index in [1.54, 1.807) is 12.1 Å². The number of hydrogen-bond donors (Lipinski definition) is 1. The van der Waals surface area contributed by atoms with Crippen LogP contribution in [0.2, 0.25) is 10.0 Å². The highest BCUT2D eigenvalue weighted by Gasteiger charge is 2.14. The molecule has 2 rings (SSSR count). The van der Waals surface area contributed by atoms with Crippen LogP contribution in [0.3, 0.4) is 0 Å². The second kappa shape index (κ2) is 6.11. The van der Waals surface area contributed by atoms with Gasteiger partial charge in [-0.15, -0.1) is 0 Å². The summed E-state index contributed by atoms with van der Waals surface area (Å²) in [5.41, 5.74) is -0.240. The van der Waals surface area contributed by atoms with Gasteiger partial charge >= 0.3 is 5.97 Å². The molecule has 0 heterocycles. The van der Waals surface area contributed by atoms with Gasteiger partial charge < -0.3 is 9.84 Å². The van der Waals surface area contributed by atoms with E-state index in [0.29, 0.717) is 15.8 Å². The zero-order valence-corrected chi connectivity index (χ0v) is 11.6. The molecule has 0 saturated carbocycles. The topological polar surface area (TPSA) is 46.5 Å². The average Bonchev–Trinajstić information content (AvgIpc) is 2.41. The fourth-order valence-corrected chi connectivity index (χ4v) is 1.87. The average molecular weight is 315 g/mol. The van der Waals surface area contributed by atoms with Crippen LogP contribution in [-0.4, -0.2) is 11.1 Å². The summed E-state index contributed by atoms with van der Waals surface area (Å²) in [6.45, 7) is -0.106. The lowest BCUT2D eigenvalue weighted by atomic mass is 10.1. The van der Waals surface area contributed by atoms with Crippen LogP contribution in [0.25, 0.3) is 0 Å². The molecule has 0 unspecified atom stereocenters. The van der Waals surface area contributed by atoms with Gasteiger partial charge in [0.15, 0.2) is 0 Å². The molecule has 2 aromatic carbocycles. The Hall–Kier alpha value is -1.78. The van der Waals surface area contributed by atoms with E-state index >= 15 is 0 Å². The van der Waals surface area contributed by atoms with Gasteiger partial charge in [0.2, 0.25) is 0 Å². The predicted octanol–water partition coefficient (Wildman–Crippen LogP) is 4.41. The molecular weight excluding hydrogens is 306 g/mol. The lowest BCUT2D eigenvalue weighted by molar-refractivity contribution is 0.0691. The zero-order chi connectivity index (χ0) is 14.7. The van der Waals surface area contributed by atoms with Gasteiger partial charge in [0.1, 0.15) is 18.2 Å². The van der Waals surface area contributed by atoms with Crippen LogP contribution in [0.5, 0.6) is 5.75 Å². The molecule has 0 aliphatic rings. The highest BCUT2D eigenvalue weighted by Crippen LogP contribution is 2.27. The molecule has 3 nitrogen and oxygen atoms in total. The van der Waals surface area contributed by atoms with Crippen LogP contribution < -0.4 is 4.74 Å². The summed E-state index contributed by atoms with van der Waals surface area (Å²) < 4.78 is 19.2. The van der Waals surface area contributed by atoms with Gasteiger partial charge in [-0.25, -0.2) is 9.18 Å². The van der Waals surface area contributed by atoms with E-state index in [-0.39, 0.29) is 17.7 Å². The first-order chi connectivity index (χ1) is 9.49. The van der Waals surface area contributed by atoms with E-state index in [2.05, 4.69) is 0 Å². The summed E-state index contributed by atoms with van der Waals surface area (Å²) in [4.78, 5) is 10.8. The first-order valence-electron chi connectivity index (χ1n) is 5.57. The molecule has 0 saturated heterocycles. The minimum Gasteiger partial charge on any atom is -0.489 e. The predicted molar refractivity (Wildman–Crippen MR) is 74.2 cm³/mol. The third-order valence-electron chi connectivity index (χ3n) is 2.59. The van der Waals surface area contributed by atoms with E-state index in [1.165, 1.54) is 24.3 Å². The highest BCUT2D eigenvalue weighted by molar-refractivity contribution is 6.42. The van der Waals surface area contributed by atoms with Crippen LogP contribution in [0.1, 0.15) is 15.9 Å². The normalized spacial score (nSPS) is 10.3. The molecule has 0 bridgehead atoms. The number of aromatic carboxylic acids is 1. The van der Waals surface area contributed by atoms with Crippen LogP contribution in [0, 0.1) is 5.82 Å². The number of hydrogen-bond acceptors (Lipinski definition) is 2. The Bertz CT molecular complexity index is 659. The molecular formula is C14H9Cl2FO3. The second-order valence-electron chi connectivity index (χ2n) is 3.95. The summed E-state index contributed by atoms with van der Waals surface area (Å²) in [5, 5.41) is 9.54. The third kappa shape index (κ3) is 3.21. The Morgan fingerprint density at radius 3 is 2.60 bits per heavy atom. The van der Waals surface area contributed by atoms with Crippen molar-refractivity contribution in [2.45, 2.75) is 6.61 Å². The molecule has 0 aliphatic heterocycles. The summed E-state index contributed by atoms with van der Waals surface area (Å²) in [6, 6.07) is 8.76. The highest BCUT2D eigenvalue weighted by atomic mass is 35.5. The van der Waals surface area contributed by atoms with Gasteiger partial charge in [-0.05, 0) is 18.2 Å². The summed E-state index contributed by atoms with van der Waals surface area (Å²) in [5.74, 6) is -1.71. The van der Waals surface area contributed by atoms with E-state index in [1.807, 2.05) is 0 Å². The largest absolute Gasteiger partial charge is 0.489 e. The molecule has 6 heteroatoms. The van der Waals surface area contributed by atoms with Crippen LogP contribution >= 0.6 is 23.2 Å². The summed E-state index contributed by atoms with van der Waals surface area (Å²) in [6.07, 6.45) is 0. The quantitative estimate of drug-likeness (QED) is 0.909. The number of carbonyl (C=O) groups is 1. The van der Waals surface area contributed by atoms with Gasteiger partial charge in [-0.2, -0.15) is 0 Å². The van der Waals surface area contributed by atoms with Gasteiger partial charge in [0.25, 0.3) is 0 Å². The molecule has 104 valence electrons. The molecule has 20 heavy (non-hydrogen) atoms. The van der Waals surface area contributed by atoms with E-state index in [0.717, 1.165) is 0 Å². The van der Waals surface area contributed by atoms with Crippen molar-refractivity contribution in [2.24, 2.45) is 0 Å². The van der Waals surface area contributed by atoms with Crippen molar-refractivity contribution in [3.63, 3.8) is 0 Å². The maximum Gasteiger partial charge on any atom is 0.338 e. The summed E-state index contributed by atoms with van der Waals surface area (Å²) >= 11 is 11.6. The van der Waals surface area contributed by atoms with E-state index in [4.69, 9.17) is 33.0 Å². The molecule has 2 aromatic rings. The smallest absolute Gasteiger partial charge is 0.338 e. The Morgan fingerprint density at radius 1 is 1.20 bits per heavy atom. The van der Waals surface area contributed by atoms with Crippen molar-refractivity contribution in [3.05, 3.63) is 63.4 Å². The van der Waals surface area contributed by atoms with Crippen LogP contribution in [0.4, 0.5) is 4.39 Å². The molecule has 0 spiro atoms. The molecule has 0 amide bonds. The number of halogens is 3. The fourth-order valence-electron chi connectivity index (χ4n) is 1.58. The lowest BCUT2D eigenvalue weighted by Gasteiger charge is -2.09. The Kier molecular flexibility index (Phi) is 4.47. The number of benzene rings is 2. The first kappa shape index (κ1) is 14.6. The lowest BCUT2D eigenvalue weighted by Crippen LogP contribution is -2.05. The third-order valence-corrected chi connectivity index (χ3v) is 3.33. The molecule has 0 radical (unpaired) electrons. The van der Waals surface area contributed by atoms with Crippen molar-refractivity contribution < 1.29 is 19.0 Å². The number of carboxylic acids is 1. The number of rotatable bonds is 4.